The van der Waals surface area contributed by atoms with Crippen molar-refractivity contribution in [3.8, 4) is 11.5 Å². The minimum atomic E-state index is -0.104. The number of aromatic nitrogens is 1. The van der Waals surface area contributed by atoms with Gasteiger partial charge in [0.05, 0.1) is 19.8 Å². The quantitative estimate of drug-likeness (QED) is 0.492. The summed E-state index contributed by atoms with van der Waals surface area (Å²) in [6.07, 6.45) is 1.93. The highest BCUT2D eigenvalue weighted by Gasteiger charge is 2.15. The summed E-state index contributed by atoms with van der Waals surface area (Å²) in [6.45, 7) is 1.11. The number of hydrogen-bond donors (Lipinski definition) is 1. The molecule has 5 nitrogen and oxygen atoms in total. The Labute approximate surface area is 175 Å². The van der Waals surface area contributed by atoms with Crippen LogP contribution in [0.1, 0.15) is 21.5 Å². The van der Waals surface area contributed by atoms with Crippen molar-refractivity contribution < 1.29 is 14.3 Å². The summed E-state index contributed by atoms with van der Waals surface area (Å²) < 4.78 is 12.7. The molecule has 0 radical (unpaired) electrons. The number of nitrogens with zero attached hydrogens (tertiary/aromatic N) is 1. The molecular weight excluding hydrogens is 376 g/mol. The highest BCUT2D eigenvalue weighted by molar-refractivity contribution is 6.07. The van der Waals surface area contributed by atoms with Gasteiger partial charge in [-0.05, 0) is 29.3 Å². The van der Waals surface area contributed by atoms with Crippen LogP contribution in [0.15, 0.2) is 79.0 Å². The average Bonchev–Trinajstić information content (AvgIpc) is 3.16. The molecule has 0 atom stereocenters. The summed E-state index contributed by atoms with van der Waals surface area (Å²) in [5.74, 6) is 1.20. The summed E-state index contributed by atoms with van der Waals surface area (Å²) in [7, 11) is 3.20. The van der Waals surface area contributed by atoms with Crippen molar-refractivity contribution >= 4 is 16.8 Å². The van der Waals surface area contributed by atoms with E-state index in [0.29, 0.717) is 30.2 Å². The maximum absolute atomic E-state index is 13.0. The van der Waals surface area contributed by atoms with E-state index in [1.807, 2.05) is 66.9 Å². The van der Waals surface area contributed by atoms with Crippen molar-refractivity contribution in [3.63, 3.8) is 0 Å². The van der Waals surface area contributed by atoms with Crippen LogP contribution < -0.4 is 14.8 Å². The van der Waals surface area contributed by atoms with E-state index in [2.05, 4.69) is 22.0 Å². The largest absolute Gasteiger partial charge is 0.493 e. The van der Waals surface area contributed by atoms with Gasteiger partial charge in [-0.1, -0.05) is 54.6 Å². The summed E-state index contributed by atoms with van der Waals surface area (Å²) in [6, 6.07) is 23.8. The molecule has 4 rings (SSSR count). The van der Waals surface area contributed by atoms with Crippen LogP contribution in [0.25, 0.3) is 10.9 Å². The van der Waals surface area contributed by atoms with Crippen LogP contribution in [-0.2, 0) is 13.1 Å². The van der Waals surface area contributed by atoms with Gasteiger partial charge >= 0.3 is 0 Å². The number of methoxy groups -OCH3 is 2. The molecule has 0 spiro atoms. The van der Waals surface area contributed by atoms with Gasteiger partial charge in [0.1, 0.15) is 0 Å². The van der Waals surface area contributed by atoms with Gasteiger partial charge in [0.25, 0.3) is 5.91 Å². The topological polar surface area (TPSA) is 52.5 Å². The fourth-order valence-corrected chi connectivity index (χ4v) is 3.61. The van der Waals surface area contributed by atoms with Gasteiger partial charge in [-0.15, -0.1) is 0 Å². The van der Waals surface area contributed by atoms with E-state index in [0.717, 1.165) is 16.5 Å². The zero-order chi connectivity index (χ0) is 20.9. The number of rotatable bonds is 7. The van der Waals surface area contributed by atoms with Crippen LogP contribution in [0, 0.1) is 0 Å². The maximum atomic E-state index is 13.0. The lowest BCUT2D eigenvalue weighted by Crippen LogP contribution is -2.22. The van der Waals surface area contributed by atoms with E-state index in [-0.39, 0.29) is 5.91 Å². The van der Waals surface area contributed by atoms with Gasteiger partial charge in [0.2, 0.25) is 0 Å². The van der Waals surface area contributed by atoms with E-state index >= 15 is 0 Å². The van der Waals surface area contributed by atoms with Gasteiger partial charge in [-0.3, -0.25) is 4.79 Å². The lowest BCUT2D eigenvalue weighted by molar-refractivity contribution is 0.0952. The second-order valence-corrected chi connectivity index (χ2v) is 7.05. The van der Waals surface area contributed by atoms with E-state index in [1.54, 1.807) is 14.2 Å². The third kappa shape index (κ3) is 4.01. The van der Waals surface area contributed by atoms with Crippen molar-refractivity contribution in [2.24, 2.45) is 0 Å². The minimum Gasteiger partial charge on any atom is -0.493 e. The first-order valence-corrected chi connectivity index (χ1v) is 9.80. The Morgan fingerprint density at radius 1 is 0.867 bits per heavy atom. The number of ether oxygens (including phenoxy) is 2. The lowest BCUT2D eigenvalue weighted by Gasteiger charge is -2.10. The number of para-hydroxylation sites is 1. The number of benzene rings is 3. The third-order valence-electron chi connectivity index (χ3n) is 5.13. The Balaban J connectivity index is 1.56. The zero-order valence-electron chi connectivity index (χ0n) is 17.1. The second-order valence-electron chi connectivity index (χ2n) is 7.05. The number of fused-ring (bicyclic) bond motifs is 1. The summed E-state index contributed by atoms with van der Waals surface area (Å²) >= 11 is 0. The van der Waals surface area contributed by atoms with Gasteiger partial charge in [-0.25, -0.2) is 0 Å². The number of carbonyl (C=O) groups excluding carboxylic acids is 1. The van der Waals surface area contributed by atoms with E-state index < -0.39 is 0 Å². The Hall–Kier alpha value is -3.73. The second kappa shape index (κ2) is 8.74. The first-order valence-electron chi connectivity index (χ1n) is 9.80. The predicted molar refractivity (Wildman–Crippen MR) is 118 cm³/mol. The lowest BCUT2D eigenvalue weighted by atomic mass is 10.1. The molecule has 30 heavy (non-hydrogen) atoms. The molecule has 0 saturated heterocycles. The maximum Gasteiger partial charge on any atom is 0.253 e. The van der Waals surface area contributed by atoms with E-state index in [1.165, 1.54) is 5.56 Å². The Morgan fingerprint density at radius 3 is 2.37 bits per heavy atom. The molecule has 0 aliphatic carbocycles. The summed E-state index contributed by atoms with van der Waals surface area (Å²) in [5, 5.41) is 3.97. The number of amides is 1. The molecule has 0 aliphatic rings. The zero-order valence-corrected chi connectivity index (χ0v) is 17.1. The van der Waals surface area contributed by atoms with Crippen molar-refractivity contribution in [3.05, 3.63) is 95.7 Å². The Bertz CT molecular complexity index is 1170. The van der Waals surface area contributed by atoms with Crippen molar-refractivity contribution in [2.75, 3.05) is 14.2 Å². The van der Waals surface area contributed by atoms with Crippen molar-refractivity contribution in [1.29, 1.82) is 0 Å². The first-order chi connectivity index (χ1) is 14.7. The summed E-state index contributed by atoms with van der Waals surface area (Å²) in [4.78, 5) is 13.0. The molecule has 0 fully saturated rings. The first kappa shape index (κ1) is 19.6. The molecule has 0 bridgehead atoms. The van der Waals surface area contributed by atoms with Crippen LogP contribution in [0.4, 0.5) is 0 Å². The molecule has 1 aromatic heterocycles. The van der Waals surface area contributed by atoms with Gasteiger partial charge in [0, 0.05) is 30.2 Å². The third-order valence-corrected chi connectivity index (χ3v) is 5.13. The smallest absolute Gasteiger partial charge is 0.253 e. The fraction of sp³-hybridized carbons (Fsp3) is 0.160. The highest BCUT2D eigenvalue weighted by Crippen LogP contribution is 2.28. The molecule has 0 aliphatic heterocycles. The molecule has 5 heteroatoms. The highest BCUT2D eigenvalue weighted by atomic mass is 16.5. The van der Waals surface area contributed by atoms with Crippen molar-refractivity contribution in [2.45, 2.75) is 13.1 Å². The molecule has 1 amide bonds. The van der Waals surface area contributed by atoms with Gasteiger partial charge in [0.15, 0.2) is 11.5 Å². The number of nitrogens with one attached hydrogen (secondary N) is 1. The minimum absolute atomic E-state index is 0.104. The molecule has 0 unspecified atom stereocenters. The van der Waals surface area contributed by atoms with Gasteiger partial charge in [-0.2, -0.15) is 0 Å². The van der Waals surface area contributed by atoms with Crippen LogP contribution in [0.2, 0.25) is 0 Å². The molecule has 1 N–H and O–H groups in total. The molecule has 1 heterocycles. The number of carbonyl (C=O) groups is 1. The average molecular weight is 400 g/mol. The number of hydrogen-bond acceptors (Lipinski definition) is 3. The van der Waals surface area contributed by atoms with E-state index in [4.69, 9.17) is 9.47 Å². The van der Waals surface area contributed by atoms with Crippen LogP contribution in [0.5, 0.6) is 11.5 Å². The molecule has 3 aromatic carbocycles. The molecule has 4 aromatic rings. The standard InChI is InChI=1S/C25H24N2O3/c1-29-23-13-12-19(14-24(23)30-2)15-26-25(28)21-17-27(16-18-8-4-3-5-9-18)22-11-7-6-10-20(21)22/h3-14,17H,15-16H2,1-2H3,(H,26,28). The monoisotopic (exact) mass is 400 g/mol. The van der Waals surface area contributed by atoms with Crippen LogP contribution >= 0.6 is 0 Å². The van der Waals surface area contributed by atoms with Gasteiger partial charge < -0.3 is 19.4 Å². The molecule has 152 valence electrons. The SMILES string of the molecule is COc1ccc(CNC(=O)c2cn(Cc3ccccc3)c3ccccc23)cc1OC. The Kier molecular flexibility index (Phi) is 5.70. The normalized spacial score (nSPS) is 10.7. The predicted octanol–water partition coefficient (Wildman–Crippen LogP) is 4.64. The summed E-state index contributed by atoms with van der Waals surface area (Å²) in [5.41, 5.74) is 3.84. The van der Waals surface area contributed by atoms with Crippen LogP contribution in [-0.4, -0.2) is 24.7 Å². The Morgan fingerprint density at radius 2 is 1.60 bits per heavy atom. The molecule has 0 saturated carbocycles. The molecular formula is C25H24N2O3. The van der Waals surface area contributed by atoms with E-state index in [9.17, 15) is 4.79 Å². The fourth-order valence-electron chi connectivity index (χ4n) is 3.61. The van der Waals surface area contributed by atoms with Crippen molar-refractivity contribution in [1.82, 2.24) is 9.88 Å². The van der Waals surface area contributed by atoms with Crippen LogP contribution in [0.3, 0.4) is 0 Å².